The highest BCUT2D eigenvalue weighted by Gasteiger charge is 2.20. The molecular formula is C12H19N5O3. The molecule has 0 fully saturated rings. The molecular weight excluding hydrogens is 262 g/mol. The molecule has 0 bridgehead atoms. The summed E-state index contributed by atoms with van der Waals surface area (Å²) >= 11 is 0. The number of benzene rings is 1. The zero-order valence-electron chi connectivity index (χ0n) is 11.5. The molecule has 0 aromatic heterocycles. The largest absolute Gasteiger partial charge is 0.370 e. The lowest BCUT2D eigenvalue weighted by molar-refractivity contribution is -0.383. The van der Waals surface area contributed by atoms with Crippen LogP contribution in [0, 0.1) is 10.1 Å². The second-order valence-electron chi connectivity index (χ2n) is 4.02. The Bertz CT molecular complexity index is 488. The van der Waals surface area contributed by atoms with Crippen LogP contribution in [-0.2, 0) is 4.79 Å². The minimum absolute atomic E-state index is 0.00343. The Morgan fingerprint density at radius 2 is 1.95 bits per heavy atom. The van der Waals surface area contributed by atoms with Crippen LogP contribution >= 0.6 is 0 Å². The Morgan fingerprint density at radius 1 is 1.35 bits per heavy atom. The fraction of sp³-hybridized carbons (Fsp3) is 0.417. The van der Waals surface area contributed by atoms with E-state index in [1.807, 2.05) is 13.8 Å². The predicted octanol–water partition coefficient (Wildman–Crippen LogP) is 1.16. The average molecular weight is 281 g/mol. The summed E-state index contributed by atoms with van der Waals surface area (Å²) in [5, 5.41) is 13.9. The van der Waals surface area contributed by atoms with Crippen molar-refractivity contribution in [3.63, 3.8) is 0 Å². The minimum atomic E-state index is -0.542. The molecule has 1 aromatic carbocycles. The molecule has 4 N–H and O–H groups in total. The Morgan fingerprint density at radius 3 is 2.45 bits per heavy atom. The van der Waals surface area contributed by atoms with Gasteiger partial charge in [0.15, 0.2) is 0 Å². The normalized spacial score (nSPS) is 9.95. The third-order valence-corrected chi connectivity index (χ3v) is 2.92. The monoisotopic (exact) mass is 281 g/mol. The van der Waals surface area contributed by atoms with E-state index in [0.29, 0.717) is 13.1 Å². The number of nitro benzene ring substituents is 1. The zero-order valence-corrected chi connectivity index (χ0v) is 11.5. The lowest BCUT2D eigenvalue weighted by Crippen LogP contribution is -2.35. The number of amides is 1. The van der Waals surface area contributed by atoms with Gasteiger partial charge in [-0.3, -0.25) is 20.8 Å². The van der Waals surface area contributed by atoms with Crippen molar-refractivity contribution in [3.8, 4) is 0 Å². The predicted molar refractivity (Wildman–Crippen MR) is 77.3 cm³/mol. The van der Waals surface area contributed by atoms with Gasteiger partial charge in [0.2, 0.25) is 5.91 Å². The molecule has 0 saturated carbocycles. The molecule has 0 spiro atoms. The molecule has 8 heteroatoms. The summed E-state index contributed by atoms with van der Waals surface area (Å²) in [4.78, 5) is 24.0. The number of hydrogen-bond acceptors (Lipinski definition) is 6. The van der Waals surface area contributed by atoms with Crippen LogP contribution in [0.25, 0.3) is 0 Å². The van der Waals surface area contributed by atoms with E-state index < -0.39 is 4.92 Å². The number of hydrazine groups is 1. The first-order valence-electron chi connectivity index (χ1n) is 6.30. The lowest BCUT2D eigenvalue weighted by Gasteiger charge is -2.19. The van der Waals surface area contributed by atoms with Gasteiger partial charge in [-0.25, -0.2) is 0 Å². The van der Waals surface area contributed by atoms with Crippen LogP contribution in [0.1, 0.15) is 13.8 Å². The van der Waals surface area contributed by atoms with Crippen LogP contribution in [-0.4, -0.2) is 35.4 Å². The van der Waals surface area contributed by atoms with Crippen LogP contribution in [0.2, 0.25) is 0 Å². The number of likely N-dealkylation sites (N-methyl/N-ethyl adjacent to an activating group) is 1. The summed E-state index contributed by atoms with van der Waals surface area (Å²) in [6.07, 6.45) is 0. The Hall–Kier alpha value is -2.35. The van der Waals surface area contributed by atoms with Crippen molar-refractivity contribution in [1.82, 2.24) is 4.90 Å². The smallest absolute Gasteiger partial charge is 0.316 e. The van der Waals surface area contributed by atoms with Gasteiger partial charge in [0.25, 0.3) is 0 Å². The average Bonchev–Trinajstić information content (AvgIpc) is 2.45. The highest BCUT2D eigenvalue weighted by molar-refractivity contribution is 5.83. The highest BCUT2D eigenvalue weighted by Crippen LogP contribution is 2.31. The molecule has 0 aliphatic heterocycles. The first-order chi connectivity index (χ1) is 9.54. The number of nitrogens with zero attached hydrogens (tertiary/aromatic N) is 2. The minimum Gasteiger partial charge on any atom is -0.370 e. The highest BCUT2D eigenvalue weighted by atomic mass is 16.6. The summed E-state index contributed by atoms with van der Waals surface area (Å²) in [5.41, 5.74) is 2.54. The van der Waals surface area contributed by atoms with E-state index in [1.54, 1.807) is 11.0 Å². The van der Waals surface area contributed by atoms with E-state index in [9.17, 15) is 14.9 Å². The second kappa shape index (κ2) is 7.29. The summed E-state index contributed by atoms with van der Waals surface area (Å²) in [7, 11) is 0. The molecule has 1 amide bonds. The molecule has 8 nitrogen and oxygen atoms in total. The fourth-order valence-corrected chi connectivity index (χ4v) is 1.86. The SMILES string of the molecule is CCN(CC)C(=O)CNc1cccc(NN)c1[N+](=O)[O-]. The maximum Gasteiger partial charge on any atom is 0.316 e. The van der Waals surface area contributed by atoms with Crippen molar-refractivity contribution in [2.24, 2.45) is 5.84 Å². The number of hydrogen-bond donors (Lipinski definition) is 3. The number of para-hydroxylation sites is 1. The van der Waals surface area contributed by atoms with Gasteiger partial charge in [-0.1, -0.05) is 6.07 Å². The van der Waals surface area contributed by atoms with Crippen molar-refractivity contribution in [1.29, 1.82) is 0 Å². The Kier molecular flexibility index (Phi) is 5.73. The zero-order chi connectivity index (χ0) is 15.1. The van der Waals surface area contributed by atoms with Gasteiger partial charge in [-0.05, 0) is 26.0 Å². The molecule has 0 atom stereocenters. The van der Waals surface area contributed by atoms with Crippen LogP contribution in [0.5, 0.6) is 0 Å². The topological polar surface area (TPSA) is 114 Å². The van der Waals surface area contributed by atoms with E-state index in [1.165, 1.54) is 12.1 Å². The van der Waals surface area contributed by atoms with Crippen molar-refractivity contribution >= 4 is 23.0 Å². The fourth-order valence-electron chi connectivity index (χ4n) is 1.86. The Balaban J connectivity index is 2.88. The number of nitro groups is 1. The van der Waals surface area contributed by atoms with Gasteiger partial charge < -0.3 is 15.6 Å². The van der Waals surface area contributed by atoms with Gasteiger partial charge in [0, 0.05) is 13.1 Å². The number of carbonyl (C=O) groups is 1. The van der Waals surface area contributed by atoms with Crippen LogP contribution in [0.3, 0.4) is 0 Å². The van der Waals surface area contributed by atoms with Crippen LogP contribution in [0.4, 0.5) is 17.1 Å². The van der Waals surface area contributed by atoms with Crippen molar-refractivity contribution in [2.45, 2.75) is 13.8 Å². The van der Waals surface area contributed by atoms with Crippen molar-refractivity contribution in [3.05, 3.63) is 28.3 Å². The Labute approximate surface area is 117 Å². The second-order valence-corrected chi connectivity index (χ2v) is 4.02. The molecule has 0 aliphatic carbocycles. The number of rotatable bonds is 7. The molecule has 110 valence electrons. The lowest BCUT2D eigenvalue weighted by atomic mass is 10.2. The number of nitrogen functional groups attached to an aromatic ring is 1. The molecule has 0 saturated heterocycles. The number of nitrogens with two attached hydrogens (primary N) is 1. The first kappa shape index (κ1) is 15.7. The van der Waals surface area contributed by atoms with Crippen molar-refractivity contribution in [2.75, 3.05) is 30.4 Å². The molecule has 1 rings (SSSR count). The maximum absolute atomic E-state index is 11.9. The van der Waals surface area contributed by atoms with E-state index in [4.69, 9.17) is 5.84 Å². The summed E-state index contributed by atoms with van der Waals surface area (Å²) in [6, 6.07) is 4.65. The number of carbonyl (C=O) groups excluding carboxylic acids is 1. The third kappa shape index (κ3) is 3.58. The van der Waals surface area contributed by atoms with Gasteiger partial charge >= 0.3 is 5.69 Å². The molecule has 0 radical (unpaired) electrons. The number of anilines is 2. The summed E-state index contributed by atoms with van der Waals surface area (Å²) < 4.78 is 0. The number of nitrogens with one attached hydrogen (secondary N) is 2. The van der Waals surface area contributed by atoms with Gasteiger partial charge in [-0.2, -0.15) is 0 Å². The van der Waals surface area contributed by atoms with Gasteiger partial charge in [0.05, 0.1) is 11.5 Å². The quantitative estimate of drug-likeness (QED) is 0.392. The molecule has 0 heterocycles. The molecule has 1 aromatic rings. The van der Waals surface area contributed by atoms with Gasteiger partial charge in [0.1, 0.15) is 11.4 Å². The van der Waals surface area contributed by atoms with E-state index in [-0.39, 0.29) is 29.5 Å². The van der Waals surface area contributed by atoms with E-state index in [0.717, 1.165) is 0 Å². The van der Waals surface area contributed by atoms with Crippen LogP contribution in [0.15, 0.2) is 18.2 Å². The summed E-state index contributed by atoms with van der Waals surface area (Å²) in [5.74, 6) is 5.13. The first-order valence-corrected chi connectivity index (χ1v) is 6.30. The van der Waals surface area contributed by atoms with E-state index in [2.05, 4.69) is 10.7 Å². The summed E-state index contributed by atoms with van der Waals surface area (Å²) in [6.45, 7) is 4.95. The standard InChI is InChI=1S/C12H19N5O3/c1-3-16(4-2)11(18)8-14-9-6-5-7-10(15-13)12(9)17(19)20/h5-7,14-15H,3-4,8,13H2,1-2H3. The molecule has 20 heavy (non-hydrogen) atoms. The van der Waals surface area contributed by atoms with E-state index >= 15 is 0 Å². The van der Waals surface area contributed by atoms with Crippen molar-refractivity contribution < 1.29 is 9.72 Å². The van der Waals surface area contributed by atoms with Gasteiger partial charge in [-0.15, -0.1) is 0 Å². The maximum atomic E-state index is 11.9. The molecule has 0 aliphatic rings. The third-order valence-electron chi connectivity index (χ3n) is 2.92. The van der Waals surface area contributed by atoms with Crippen LogP contribution < -0.4 is 16.6 Å². The molecule has 0 unspecified atom stereocenters.